The number of carbonyl (C=O) groups excluding carboxylic acids is 1. The van der Waals surface area contributed by atoms with Crippen molar-refractivity contribution in [3.63, 3.8) is 0 Å². The van der Waals surface area contributed by atoms with E-state index in [0.29, 0.717) is 18.4 Å². The first-order valence-corrected chi connectivity index (χ1v) is 11.0. The Labute approximate surface area is 181 Å². The molecule has 0 bridgehead atoms. The average Bonchev–Trinajstić information content (AvgIpc) is 2.73. The van der Waals surface area contributed by atoms with Gasteiger partial charge in [-0.1, -0.05) is 42.5 Å². The zero-order valence-electron chi connectivity index (χ0n) is 18.8. The predicted molar refractivity (Wildman–Crippen MR) is 121 cm³/mol. The van der Waals surface area contributed by atoms with E-state index in [1.54, 1.807) is 14.0 Å². The predicted octanol–water partition coefficient (Wildman–Crippen LogP) is 5.42. The molecular weight excluding hydrogens is 374 g/mol. The van der Waals surface area contributed by atoms with Crippen molar-refractivity contribution in [1.29, 1.82) is 0 Å². The molecule has 1 aliphatic heterocycles. The first-order chi connectivity index (χ1) is 14.4. The van der Waals surface area contributed by atoms with Gasteiger partial charge in [0.2, 0.25) is 5.91 Å². The van der Waals surface area contributed by atoms with E-state index in [-0.39, 0.29) is 11.5 Å². The van der Waals surface area contributed by atoms with Crippen LogP contribution in [0.15, 0.2) is 54.6 Å². The summed E-state index contributed by atoms with van der Waals surface area (Å²) in [7, 11) is 1.66. The van der Waals surface area contributed by atoms with Crippen LogP contribution in [-0.4, -0.2) is 36.7 Å². The van der Waals surface area contributed by atoms with Gasteiger partial charge in [0, 0.05) is 26.6 Å². The third-order valence-electron chi connectivity index (χ3n) is 6.22. The summed E-state index contributed by atoms with van der Waals surface area (Å²) in [6.07, 6.45) is 3.08. The van der Waals surface area contributed by atoms with Crippen molar-refractivity contribution in [2.24, 2.45) is 5.92 Å². The molecular formula is C26H35NO3. The quantitative estimate of drug-likeness (QED) is 0.584. The van der Waals surface area contributed by atoms with Gasteiger partial charge in [-0.2, -0.15) is 0 Å². The Morgan fingerprint density at radius 1 is 1.17 bits per heavy atom. The maximum absolute atomic E-state index is 12.4. The van der Waals surface area contributed by atoms with Crippen molar-refractivity contribution in [3.05, 3.63) is 65.7 Å². The van der Waals surface area contributed by atoms with Crippen LogP contribution < -0.4 is 4.74 Å². The second kappa shape index (κ2) is 10.1. The zero-order chi connectivity index (χ0) is 21.6. The molecule has 4 nitrogen and oxygen atoms in total. The fourth-order valence-corrected chi connectivity index (χ4v) is 4.59. The molecule has 3 rings (SSSR count). The van der Waals surface area contributed by atoms with Gasteiger partial charge >= 0.3 is 0 Å². The van der Waals surface area contributed by atoms with Crippen LogP contribution in [0.4, 0.5) is 0 Å². The van der Waals surface area contributed by atoms with Gasteiger partial charge in [0.25, 0.3) is 0 Å². The van der Waals surface area contributed by atoms with Crippen LogP contribution in [0, 0.1) is 5.92 Å². The summed E-state index contributed by atoms with van der Waals surface area (Å²) < 4.78 is 11.2. The molecule has 0 unspecified atom stereocenters. The van der Waals surface area contributed by atoms with Crippen LogP contribution in [0.5, 0.6) is 5.75 Å². The van der Waals surface area contributed by atoms with Crippen LogP contribution in [0.2, 0.25) is 0 Å². The van der Waals surface area contributed by atoms with E-state index in [4.69, 9.17) is 9.47 Å². The summed E-state index contributed by atoms with van der Waals surface area (Å²) in [4.78, 5) is 14.3. The number of amides is 1. The Bertz CT molecular complexity index is 801. The summed E-state index contributed by atoms with van der Waals surface area (Å²) in [5.74, 6) is 1.93. The fourth-order valence-electron chi connectivity index (χ4n) is 4.59. The fraction of sp³-hybridized carbons (Fsp3) is 0.500. The molecule has 0 spiro atoms. The molecule has 4 heteroatoms. The largest absolute Gasteiger partial charge is 0.497 e. The first kappa shape index (κ1) is 22.4. The average molecular weight is 410 g/mol. The van der Waals surface area contributed by atoms with E-state index in [1.165, 1.54) is 5.56 Å². The molecule has 30 heavy (non-hydrogen) atoms. The maximum Gasteiger partial charge on any atom is 0.219 e. The second-order valence-electron chi connectivity index (χ2n) is 8.96. The number of rotatable bonds is 8. The molecule has 1 saturated heterocycles. The number of nitrogens with zero attached hydrogens (tertiary/aromatic N) is 1. The molecule has 1 fully saturated rings. The van der Waals surface area contributed by atoms with Gasteiger partial charge in [-0.3, -0.25) is 4.79 Å². The Morgan fingerprint density at radius 3 is 2.47 bits per heavy atom. The van der Waals surface area contributed by atoms with Crippen LogP contribution in [0.3, 0.4) is 0 Å². The lowest BCUT2D eigenvalue weighted by molar-refractivity contribution is -0.129. The lowest BCUT2D eigenvalue weighted by Gasteiger charge is -2.40. The van der Waals surface area contributed by atoms with Crippen molar-refractivity contribution in [2.45, 2.75) is 58.1 Å². The van der Waals surface area contributed by atoms with Crippen LogP contribution in [-0.2, 0) is 16.1 Å². The number of methoxy groups -OCH3 is 1. The van der Waals surface area contributed by atoms with Crippen molar-refractivity contribution in [2.75, 3.05) is 20.3 Å². The number of ether oxygens (including phenoxy) is 2. The van der Waals surface area contributed by atoms with Crippen molar-refractivity contribution in [3.8, 4) is 5.75 Å². The van der Waals surface area contributed by atoms with Crippen LogP contribution in [0.1, 0.15) is 57.1 Å². The normalized spacial score (nSPS) is 19.1. The number of carbonyl (C=O) groups is 1. The molecule has 2 aromatic carbocycles. The topological polar surface area (TPSA) is 38.8 Å². The third-order valence-corrected chi connectivity index (χ3v) is 6.22. The molecule has 1 heterocycles. The van der Waals surface area contributed by atoms with Crippen LogP contribution >= 0.6 is 0 Å². The van der Waals surface area contributed by atoms with E-state index in [1.807, 2.05) is 29.2 Å². The lowest BCUT2D eigenvalue weighted by Crippen LogP contribution is -2.37. The zero-order valence-corrected chi connectivity index (χ0v) is 18.8. The minimum Gasteiger partial charge on any atom is -0.497 e. The SMILES string of the molecule is COc1ccc(CN(CC[C@H](c2ccccc2)[C@H]2CCOC(C)(C)C2)C(C)=O)cc1. The van der Waals surface area contributed by atoms with E-state index < -0.39 is 0 Å². The molecule has 2 atom stereocenters. The summed E-state index contributed by atoms with van der Waals surface area (Å²) >= 11 is 0. The summed E-state index contributed by atoms with van der Waals surface area (Å²) in [5, 5.41) is 0. The van der Waals surface area contributed by atoms with E-state index in [2.05, 4.69) is 44.2 Å². The Morgan fingerprint density at radius 2 is 1.87 bits per heavy atom. The Hall–Kier alpha value is -2.33. The maximum atomic E-state index is 12.4. The molecule has 0 aromatic heterocycles. The number of benzene rings is 2. The molecule has 0 saturated carbocycles. The molecule has 0 aliphatic carbocycles. The molecule has 0 radical (unpaired) electrons. The standard InChI is InChI=1S/C26H35NO3/c1-20(28)27(19-21-10-12-24(29-4)13-11-21)16-14-25(22-8-6-5-7-9-22)23-15-17-30-26(2,3)18-23/h5-13,23,25H,14-19H2,1-4H3/t23-,25+/m0/s1. The van der Waals surface area contributed by atoms with Gasteiger partial charge in [0.15, 0.2) is 0 Å². The highest BCUT2D eigenvalue weighted by Crippen LogP contribution is 2.40. The highest BCUT2D eigenvalue weighted by atomic mass is 16.5. The molecule has 0 N–H and O–H groups in total. The first-order valence-electron chi connectivity index (χ1n) is 11.0. The van der Waals surface area contributed by atoms with Gasteiger partial charge in [-0.05, 0) is 68.2 Å². The van der Waals surface area contributed by atoms with Gasteiger partial charge in [0.1, 0.15) is 5.75 Å². The van der Waals surface area contributed by atoms with E-state index in [0.717, 1.165) is 43.7 Å². The number of hydrogen-bond donors (Lipinski definition) is 0. The van der Waals surface area contributed by atoms with Crippen LogP contribution in [0.25, 0.3) is 0 Å². The smallest absolute Gasteiger partial charge is 0.219 e. The van der Waals surface area contributed by atoms with E-state index >= 15 is 0 Å². The highest BCUT2D eigenvalue weighted by Gasteiger charge is 2.34. The molecule has 1 aliphatic rings. The van der Waals surface area contributed by atoms with E-state index in [9.17, 15) is 4.79 Å². The minimum absolute atomic E-state index is 0.0840. The summed E-state index contributed by atoms with van der Waals surface area (Å²) in [6.45, 7) is 8.22. The van der Waals surface area contributed by atoms with Gasteiger partial charge < -0.3 is 14.4 Å². The monoisotopic (exact) mass is 409 g/mol. The molecule has 1 amide bonds. The van der Waals surface area contributed by atoms with Crippen molar-refractivity contribution in [1.82, 2.24) is 4.90 Å². The van der Waals surface area contributed by atoms with Crippen molar-refractivity contribution >= 4 is 5.91 Å². The Balaban J connectivity index is 1.72. The van der Waals surface area contributed by atoms with Gasteiger partial charge in [0.05, 0.1) is 12.7 Å². The summed E-state index contributed by atoms with van der Waals surface area (Å²) in [5.41, 5.74) is 2.40. The molecule has 2 aromatic rings. The van der Waals surface area contributed by atoms with Gasteiger partial charge in [-0.25, -0.2) is 0 Å². The second-order valence-corrected chi connectivity index (χ2v) is 8.96. The number of hydrogen-bond acceptors (Lipinski definition) is 3. The highest BCUT2D eigenvalue weighted by molar-refractivity contribution is 5.73. The van der Waals surface area contributed by atoms with Crippen molar-refractivity contribution < 1.29 is 14.3 Å². The summed E-state index contributed by atoms with van der Waals surface area (Å²) in [6, 6.07) is 18.7. The minimum atomic E-state index is -0.0840. The van der Waals surface area contributed by atoms with Gasteiger partial charge in [-0.15, -0.1) is 0 Å². The third kappa shape index (κ3) is 6.09. The lowest BCUT2D eigenvalue weighted by atomic mass is 9.75. The Kier molecular flexibility index (Phi) is 7.54. The molecule has 162 valence electrons.